The van der Waals surface area contributed by atoms with Gasteiger partial charge in [0.25, 0.3) is 0 Å². The molecule has 1 atom stereocenters. The highest BCUT2D eigenvalue weighted by Crippen LogP contribution is 2.26. The largest absolute Gasteiger partial charge is 0.392 e. The van der Waals surface area contributed by atoms with E-state index in [9.17, 15) is 5.11 Å². The molecule has 0 radical (unpaired) electrons. The first kappa shape index (κ1) is 15.5. The zero-order valence-electron chi connectivity index (χ0n) is 11.6. The maximum absolute atomic E-state index is 9.20. The van der Waals surface area contributed by atoms with Gasteiger partial charge in [-0.25, -0.2) is 0 Å². The number of hydrogen-bond acceptors (Lipinski definition) is 2. The second-order valence-electron chi connectivity index (χ2n) is 4.74. The van der Waals surface area contributed by atoms with Crippen LogP contribution in [-0.2, 0) is 6.61 Å². The summed E-state index contributed by atoms with van der Waals surface area (Å²) in [4.78, 5) is 2.45. The molecule has 0 aliphatic heterocycles. The average Bonchev–Trinajstić information content (AvgIpc) is 2.39. The van der Waals surface area contributed by atoms with Crippen molar-refractivity contribution >= 4 is 21.6 Å². The van der Waals surface area contributed by atoms with E-state index in [1.807, 2.05) is 6.07 Å². The number of hydrogen-bond donors (Lipinski definition) is 1. The van der Waals surface area contributed by atoms with E-state index >= 15 is 0 Å². The highest BCUT2D eigenvalue weighted by Gasteiger charge is 2.13. The fourth-order valence-electron chi connectivity index (χ4n) is 2.00. The van der Waals surface area contributed by atoms with E-state index in [4.69, 9.17) is 0 Å². The van der Waals surface area contributed by atoms with Gasteiger partial charge in [0.15, 0.2) is 0 Å². The Hall–Kier alpha value is -0.540. The van der Waals surface area contributed by atoms with Crippen LogP contribution in [0.3, 0.4) is 0 Å². The van der Waals surface area contributed by atoms with Crippen LogP contribution in [-0.4, -0.2) is 17.7 Å². The van der Waals surface area contributed by atoms with Crippen molar-refractivity contribution in [3.8, 4) is 0 Å². The fraction of sp³-hybridized carbons (Fsp3) is 0.600. The summed E-state index contributed by atoms with van der Waals surface area (Å²) in [5.41, 5.74) is 2.18. The molecule has 0 aliphatic carbocycles. The van der Waals surface area contributed by atoms with Crippen LogP contribution in [0.15, 0.2) is 22.7 Å². The number of rotatable bonds is 7. The number of benzene rings is 1. The van der Waals surface area contributed by atoms with Crippen LogP contribution in [0.2, 0.25) is 0 Å². The molecular weight excluding hydrogens is 290 g/mol. The topological polar surface area (TPSA) is 23.5 Å². The third-order valence-corrected chi connectivity index (χ3v) is 4.15. The summed E-state index contributed by atoms with van der Waals surface area (Å²) in [6.07, 6.45) is 3.57. The van der Waals surface area contributed by atoms with Crippen molar-refractivity contribution in [1.29, 1.82) is 0 Å². The lowest BCUT2D eigenvalue weighted by Gasteiger charge is -2.31. The Bertz CT molecular complexity index is 368. The second kappa shape index (κ2) is 7.80. The number of aliphatic hydroxyl groups excluding tert-OH is 1. The quantitative estimate of drug-likeness (QED) is 0.809. The molecule has 0 spiro atoms. The van der Waals surface area contributed by atoms with E-state index < -0.39 is 0 Å². The molecule has 1 rings (SSSR count). The molecule has 0 amide bonds. The summed E-state index contributed by atoms with van der Waals surface area (Å²) in [5.74, 6) is 0. The molecule has 0 aliphatic rings. The molecule has 102 valence electrons. The summed E-state index contributed by atoms with van der Waals surface area (Å²) in [5, 5.41) is 9.20. The van der Waals surface area contributed by atoms with Gasteiger partial charge in [0.2, 0.25) is 0 Å². The van der Waals surface area contributed by atoms with Crippen molar-refractivity contribution in [3.05, 3.63) is 28.2 Å². The smallest absolute Gasteiger partial charge is 0.0692 e. The molecule has 1 unspecified atom stereocenters. The van der Waals surface area contributed by atoms with Crippen LogP contribution in [0, 0.1) is 0 Å². The van der Waals surface area contributed by atoms with Gasteiger partial charge in [-0.3, -0.25) is 0 Å². The zero-order valence-corrected chi connectivity index (χ0v) is 13.2. The van der Waals surface area contributed by atoms with Crippen LogP contribution in [0.5, 0.6) is 0 Å². The lowest BCUT2D eigenvalue weighted by Crippen LogP contribution is -2.33. The number of halogens is 1. The van der Waals surface area contributed by atoms with Crippen LogP contribution < -0.4 is 4.90 Å². The minimum atomic E-state index is 0.0825. The minimum absolute atomic E-state index is 0.0825. The van der Waals surface area contributed by atoms with Crippen molar-refractivity contribution in [2.45, 2.75) is 52.7 Å². The first-order chi connectivity index (χ1) is 8.63. The van der Waals surface area contributed by atoms with Crippen molar-refractivity contribution < 1.29 is 5.11 Å². The third-order valence-electron chi connectivity index (χ3n) is 3.41. The van der Waals surface area contributed by atoms with Crippen molar-refractivity contribution in [2.24, 2.45) is 0 Å². The predicted molar refractivity (Wildman–Crippen MR) is 82.1 cm³/mol. The van der Waals surface area contributed by atoms with E-state index in [2.05, 4.69) is 53.7 Å². The highest BCUT2D eigenvalue weighted by atomic mass is 79.9. The van der Waals surface area contributed by atoms with E-state index in [1.54, 1.807) is 0 Å². The first-order valence-electron chi connectivity index (χ1n) is 6.79. The lowest BCUT2D eigenvalue weighted by molar-refractivity contribution is 0.281. The Morgan fingerprint density at radius 2 is 2.06 bits per heavy atom. The second-order valence-corrected chi connectivity index (χ2v) is 5.59. The minimum Gasteiger partial charge on any atom is -0.392 e. The van der Waals surface area contributed by atoms with Gasteiger partial charge in [0.05, 0.1) is 6.61 Å². The Labute approximate surface area is 119 Å². The van der Waals surface area contributed by atoms with Gasteiger partial charge in [-0.15, -0.1) is 0 Å². The molecule has 0 saturated heterocycles. The normalized spacial score (nSPS) is 12.5. The molecule has 1 N–H and O–H groups in total. The van der Waals surface area contributed by atoms with E-state index in [-0.39, 0.29) is 6.61 Å². The van der Waals surface area contributed by atoms with Crippen LogP contribution >= 0.6 is 15.9 Å². The molecule has 0 bridgehead atoms. The van der Waals surface area contributed by atoms with Gasteiger partial charge in [-0.2, -0.15) is 0 Å². The first-order valence-corrected chi connectivity index (χ1v) is 7.59. The monoisotopic (exact) mass is 313 g/mol. The molecule has 0 heterocycles. The molecule has 18 heavy (non-hydrogen) atoms. The summed E-state index contributed by atoms with van der Waals surface area (Å²) in [6, 6.07) is 6.77. The fourth-order valence-corrected chi connectivity index (χ4v) is 2.49. The molecule has 0 fully saturated rings. The third kappa shape index (κ3) is 3.99. The van der Waals surface area contributed by atoms with Crippen LogP contribution in [0.4, 0.5) is 5.69 Å². The Morgan fingerprint density at radius 1 is 1.33 bits per heavy atom. The van der Waals surface area contributed by atoms with Gasteiger partial charge in [0, 0.05) is 22.7 Å². The van der Waals surface area contributed by atoms with Gasteiger partial charge < -0.3 is 10.0 Å². The Kier molecular flexibility index (Phi) is 6.72. The van der Waals surface area contributed by atoms with Crippen LogP contribution in [0.1, 0.15) is 45.6 Å². The van der Waals surface area contributed by atoms with Crippen LogP contribution in [0.25, 0.3) is 0 Å². The summed E-state index contributed by atoms with van der Waals surface area (Å²) < 4.78 is 0.993. The molecule has 0 aromatic heterocycles. The SMILES string of the molecule is CCCCN(c1ccc(CO)c(Br)c1)C(C)CC. The summed E-state index contributed by atoms with van der Waals surface area (Å²) in [6.45, 7) is 7.89. The average molecular weight is 314 g/mol. The molecule has 2 nitrogen and oxygen atoms in total. The predicted octanol–water partition coefficient (Wildman–Crippen LogP) is 4.35. The number of aliphatic hydroxyl groups is 1. The molecule has 1 aromatic carbocycles. The summed E-state index contributed by atoms with van der Waals surface area (Å²) in [7, 11) is 0. The number of unbranched alkanes of at least 4 members (excludes halogenated alkanes) is 1. The Morgan fingerprint density at radius 3 is 2.56 bits per heavy atom. The summed E-state index contributed by atoms with van der Waals surface area (Å²) >= 11 is 3.53. The van der Waals surface area contributed by atoms with E-state index in [1.165, 1.54) is 18.5 Å². The Balaban J connectivity index is 2.93. The van der Waals surface area contributed by atoms with Crippen molar-refractivity contribution in [1.82, 2.24) is 0 Å². The number of nitrogens with zero attached hydrogens (tertiary/aromatic N) is 1. The molecule has 3 heteroatoms. The molecule has 0 saturated carbocycles. The molecular formula is C15H24BrNO. The zero-order chi connectivity index (χ0) is 13.5. The maximum atomic E-state index is 9.20. The maximum Gasteiger partial charge on any atom is 0.0692 e. The highest BCUT2D eigenvalue weighted by molar-refractivity contribution is 9.10. The number of anilines is 1. The van der Waals surface area contributed by atoms with Crippen molar-refractivity contribution in [2.75, 3.05) is 11.4 Å². The van der Waals surface area contributed by atoms with E-state index in [0.717, 1.165) is 23.0 Å². The standard InChI is InChI=1S/C15H24BrNO/c1-4-6-9-17(12(3)5-2)14-8-7-13(11-18)15(16)10-14/h7-8,10,12,18H,4-6,9,11H2,1-3H3. The molecule has 1 aromatic rings. The lowest BCUT2D eigenvalue weighted by atomic mass is 10.1. The van der Waals surface area contributed by atoms with E-state index in [0.29, 0.717) is 6.04 Å². The van der Waals surface area contributed by atoms with Gasteiger partial charge in [0.1, 0.15) is 0 Å². The van der Waals surface area contributed by atoms with Gasteiger partial charge >= 0.3 is 0 Å². The van der Waals surface area contributed by atoms with Gasteiger partial charge in [-0.1, -0.05) is 42.3 Å². The van der Waals surface area contributed by atoms with Crippen molar-refractivity contribution in [3.63, 3.8) is 0 Å². The van der Waals surface area contributed by atoms with Gasteiger partial charge in [-0.05, 0) is 37.5 Å².